The van der Waals surface area contributed by atoms with Gasteiger partial charge in [-0.1, -0.05) is 43.5 Å². The maximum absolute atomic E-state index is 12.6. The van der Waals surface area contributed by atoms with Gasteiger partial charge in [-0.15, -0.1) is 11.8 Å². The second-order valence-electron chi connectivity index (χ2n) is 5.41. The predicted octanol–water partition coefficient (Wildman–Crippen LogP) is 4.35. The summed E-state index contributed by atoms with van der Waals surface area (Å²) < 4.78 is 0. The molecule has 0 bridgehead atoms. The highest BCUT2D eigenvalue weighted by Crippen LogP contribution is 2.28. The molecule has 1 heterocycles. The Morgan fingerprint density at radius 2 is 1.88 bits per heavy atom. The van der Waals surface area contributed by atoms with E-state index in [2.05, 4.69) is 5.32 Å². The van der Waals surface area contributed by atoms with E-state index in [0.717, 1.165) is 28.4 Å². The number of hydrogen-bond acceptors (Lipinski definition) is 4. The lowest BCUT2D eigenvalue weighted by Crippen LogP contribution is -2.45. The normalized spacial score (nSPS) is 15.7. The minimum Gasteiger partial charge on any atom is -0.326 e. The topological polar surface area (TPSA) is 69.7 Å². The number of imide groups is 2. The summed E-state index contributed by atoms with van der Waals surface area (Å²) in [6, 6.07) is 3.12. The molecule has 1 N–H and O–H groups in total. The van der Waals surface area contributed by atoms with Gasteiger partial charge in [0.15, 0.2) is 0 Å². The summed E-state index contributed by atoms with van der Waals surface area (Å²) in [5.41, 5.74) is 0.246. The largest absolute Gasteiger partial charge is 0.340 e. The smallest absolute Gasteiger partial charge is 0.326 e. The highest BCUT2D eigenvalue weighted by molar-refractivity contribution is 7.99. The first-order valence-corrected chi connectivity index (χ1v) is 9.70. The summed E-state index contributed by atoms with van der Waals surface area (Å²) in [6.45, 7) is 3.70. The molecule has 1 atom stereocenters. The number of anilines is 1. The van der Waals surface area contributed by atoms with Gasteiger partial charge in [0, 0.05) is 10.0 Å². The number of carbonyl (C=O) groups excluding carboxylic acids is 3. The van der Waals surface area contributed by atoms with Crippen molar-refractivity contribution in [3.05, 3.63) is 28.2 Å². The molecule has 2 rings (SSSR count). The molecule has 0 spiro atoms. The van der Waals surface area contributed by atoms with Gasteiger partial charge in [-0.05, 0) is 30.4 Å². The van der Waals surface area contributed by atoms with Crippen LogP contribution in [0.15, 0.2) is 18.2 Å². The third kappa shape index (κ3) is 4.80. The fourth-order valence-corrected chi connectivity index (χ4v) is 3.96. The Morgan fingerprint density at radius 3 is 2.44 bits per heavy atom. The minimum atomic E-state index is -0.711. The molecule has 25 heavy (non-hydrogen) atoms. The van der Waals surface area contributed by atoms with E-state index in [1.54, 1.807) is 11.8 Å². The van der Waals surface area contributed by atoms with Gasteiger partial charge in [0.2, 0.25) is 0 Å². The maximum atomic E-state index is 12.6. The lowest BCUT2D eigenvalue weighted by atomic mass is 10.3. The molecule has 0 radical (unpaired) electrons. The molecule has 1 aromatic rings. The van der Waals surface area contributed by atoms with Crippen molar-refractivity contribution in [2.75, 3.05) is 17.2 Å². The van der Waals surface area contributed by atoms with Gasteiger partial charge in [-0.2, -0.15) is 0 Å². The number of benzene rings is 1. The molecule has 136 valence electrons. The minimum absolute atomic E-state index is 0.0972. The molecule has 1 aromatic carbocycles. The van der Waals surface area contributed by atoms with Crippen LogP contribution in [0.5, 0.6) is 0 Å². The van der Waals surface area contributed by atoms with E-state index < -0.39 is 18.0 Å². The zero-order valence-corrected chi connectivity index (χ0v) is 16.2. The molecule has 0 aromatic heterocycles. The number of hydrogen-bond donors (Lipinski definition) is 1. The fourth-order valence-electron chi connectivity index (χ4n) is 2.46. The van der Waals surface area contributed by atoms with Crippen LogP contribution < -0.4 is 10.2 Å². The molecular formula is C16H19Cl2N3O3S. The summed E-state index contributed by atoms with van der Waals surface area (Å²) in [7, 11) is 0. The van der Waals surface area contributed by atoms with Gasteiger partial charge in [0.05, 0.1) is 11.1 Å². The molecule has 1 fully saturated rings. The lowest BCUT2D eigenvalue weighted by molar-refractivity contribution is -0.116. The maximum Gasteiger partial charge on any atom is 0.340 e. The van der Waals surface area contributed by atoms with E-state index in [1.807, 2.05) is 13.8 Å². The van der Waals surface area contributed by atoms with Crippen LogP contribution in [0.3, 0.4) is 0 Å². The van der Waals surface area contributed by atoms with Crippen LogP contribution in [0.4, 0.5) is 15.3 Å². The predicted molar refractivity (Wildman–Crippen MR) is 101 cm³/mol. The average molecular weight is 404 g/mol. The number of nitrogens with zero attached hydrogens (tertiary/aromatic N) is 2. The van der Waals surface area contributed by atoms with Crippen LogP contribution in [-0.2, 0) is 4.79 Å². The van der Waals surface area contributed by atoms with Gasteiger partial charge in [0.25, 0.3) is 5.91 Å². The van der Waals surface area contributed by atoms with E-state index in [1.165, 1.54) is 18.2 Å². The molecule has 9 heteroatoms. The highest BCUT2D eigenvalue weighted by atomic mass is 35.5. The molecule has 0 aliphatic carbocycles. The van der Waals surface area contributed by atoms with Crippen LogP contribution in [0.1, 0.15) is 26.7 Å². The van der Waals surface area contributed by atoms with E-state index in [4.69, 9.17) is 23.2 Å². The Labute approximate surface area is 160 Å². The molecule has 1 saturated heterocycles. The molecule has 1 aliphatic rings. The van der Waals surface area contributed by atoms with Gasteiger partial charge in [-0.3, -0.25) is 4.79 Å². The molecular weight excluding hydrogens is 385 g/mol. The highest BCUT2D eigenvalue weighted by Gasteiger charge is 2.41. The Hall–Kier alpha value is -1.44. The standard InChI is InChI=1S/C16H19Cl2N3O3S/c1-3-5-13(25-4-2)19-15(23)20-9-14(22)21(16(20)24)12-7-10(17)6-11(18)8-12/h6-8,13H,3-5,9H2,1-2H3,(H,19,23). The third-order valence-corrected chi connectivity index (χ3v) is 5.04. The van der Waals surface area contributed by atoms with Crippen molar-refractivity contribution in [3.8, 4) is 0 Å². The van der Waals surface area contributed by atoms with Gasteiger partial charge in [0.1, 0.15) is 6.54 Å². The van der Waals surface area contributed by atoms with Crippen molar-refractivity contribution in [1.82, 2.24) is 10.2 Å². The SMILES string of the molecule is CCCC(NC(=O)N1CC(=O)N(c2cc(Cl)cc(Cl)c2)C1=O)SCC. The van der Waals surface area contributed by atoms with Crippen LogP contribution >= 0.6 is 35.0 Å². The first kappa shape index (κ1) is 19.9. The first-order valence-electron chi connectivity index (χ1n) is 7.90. The van der Waals surface area contributed by atoms with Crippen molar-refractivity contribution in [3.63, 3.8) is 0 Å². The molecule has 1 aliphatic heterocycles. The van der Waals surface area contributed by atoms with E-state index in [9.17, 15) is 14.4 Å². The Morgan fingerprint density at radius 1 is 1.24 bits per heavy atom. The summed E-state index contributed by atoms with van der Waals surface area (Å²) in [4.78, 5) is 39.0. The number of carbonyl (C=O) groups is 3. The summed E-state index contributed by atoms with van der Waals surface area (Å²) in [5, 5.41) is 3.31. The second-order valence-corrected chi connectivity index (χ2v) is 7.76. The van der Waals surface area contributed by atoms with Crippen molar-refractivity contribution < 1.29 is 14.4 Å². The van der Waals surface area contributed by atoms with Crippen LogP contribution in [-0.4, -0.2) is 40.5 Å². The first-order chi connectivity index (χ1) is 11.9. The number of amides is 5. The summed E-state index contributed by atoms with van der Waals surface area (Å²) >= 11 is 13.5. The van der Waals surface area contributed by atoms with Crippen LogP contribution in [0.2, 0.25) is 10.0 Å². The number of urea groups is 2. The zero-order chi connectivity index (χ0) is 18.6. The van der Waals surface area contributed by atoms with Gasteiger partial charge >= 0.3 is 12.1 Å². The fraction of sp³-hybridized carbons (Fsp3) is 0.438. The zero-order valence-electron chi connectivity index (χ0n) is 13.9. The third-order valence-electron chi connectivity index (χ3n) is 3.52. The van der Waals surface area contributed by atoms with E-state index in [-0.39, 0.29) is 17.6 Å². The summed E-state index contributed by atoms with van der Waals surface area (Å²) in [5.74, 6) is 0.332. The van der Waals surface area contributed by atoms with Gasteiger partial charge < -0.3 is 5.32 Å². The number of thioether (sulfide) groups is 1. The van der Waals surface area contributed by atoms with Crippen molar-refractivity contribution >= 4 is 58.6 Å². The van der Waals surface area contributed by atoms with E-state index >= 15 is 0 Å². The number of halogens is 2. The molecule has 5 amide bonds. The number of nitrogens with one attached hydrogen (secondary N) is 1. The Kier molecular flexibility index (Phi) is 6.98. The van der Waals surface area contributed by atoms with Gasteiger partial charge in [-0.25, -0.2) is 19.4 Å². The van der Waals surface area contributed by atoms with Crippen molar-refractivity contribution in [2.45, 2.75) is 32.1 Å². The van der Waals surface area contributed by atoms with E-state index in [0.29, 0.717) is 10.0 Å². The molecule has 6 nitrogen and oxygen atoms in total. The second kappa shape index (κ2) is 8.78. The molecule has 1 unspecified atom stereocenters. The Bertz CT molecular complexity index is 660. The Balaban J connectivity index is 2.15. The summed E-state index contributed by atoms with van der Waals surface area (Å²) in [6.07, 6.45) is 1.69. The van der Waals surface area contributed by atoms with Crippen LogP contribution in [0.25, 0.3) is 0 Å². The lowest BCUT2D eigenvalue weighted by Gasteiger charge is -2.21. The number of rotatable bonds is 6. The van der Waals surface area contributed by atoms with Crippen molar-refractivity contribution in [1.29, 1.82) is 0 Å². The van der Waals surface area contributed by atoms with Crippen molar-refractivity contribution in [2.24, 2.45) is 0 Å². The quantitative estimate of drug-likeness (QED) is 0.565. The molecule has 0 saturated carbocycles. The average Bonchev–Trinajstić information content (AvgIpc) is 2.81. The van der Waals surface area contributed by atoms with Crippen LogP contribution in [0, 0.1) is 0 Å². The monoisotopic (exact) mass is 403 g/mol.